The van der Waals surface area contributed by atoms with E-state index in [1.807, 2.05) is 6.92 Å². The van der Waals surface area contributed by atoms with Gasteiger partial charge in [0.15, 0.2) is 0 Å². The Labute approximate surface area is 110 Å². The molecule has 1 amide bonds. The third-order valence-electron chi connectivity index (χ3n) is 2.62. The van der Waals surface area contributed by atoms with Crippen LogP contribution in [-0.2, 0) is 0 Å². The van der Waals surface area contributed by atoms with Crippen molar-refractivity contribution in [1.29, 1.82) is 0 Å². The largest absolute Gasteiger partial charge is 0.508 e. The van der Waals surface area contributed by atoms with Crippen LogP contribution in [0, 0.1) is 13.8 Å². The summed E-state index contributed by atoms with van der Waals surface area (Å²) in [5, 5.41) is 9.51. The van der Waals surface area contributed by atoms with E-state index in [2.05, 4.69) is 4.98 Å². The molecule has 0 bridgehead atoms. The van der Waals surface area contributed by atoms with Gasteiger partial charge in [-0.1, -0.05) is 0 Å². The SMILES string of the molecule is Cc1cc(O)cc(Oc2nccc(C)c2C(N)=O)c1. The van der Waals surface area contributed by atoms with Gasteiger partial charge >= 0.3 is 0 Å². The van der Waals surface area contributed by atoms with E-state index in [-0.39, 0.29) is 17.2 Å². The van der Waals surface area contributed by atoms with Crippen molar-refractivity contribution >= 4 is 5.91 Å². The standard InChI is InChI=1S/C14H14N2O3/c1-8-5-10(17)7-11(6-8)19-14-12(13(15)18)9(2)3-4-16-14/h3-7,17H,1-2H3,(H2,15,18). The number of rotatable bonds is 3. The maximum Gasteiger partial charge on any atom is 0.254 e. The third kappa shape index (κ3) is 2.82. The number of primary amides is 1. The van der Waals surface area contributed by atoms with Crippen molar-refractivity contribution in [2.75, 3.05) is 0 Å². The lowest BCUT2D eigenvalue weighted by Gasteiger charge is -2.10. The Morgan fingerprint density at radius 1 is 1.32 bits per heavy atom. The summed E-state index contributed by atoms with van der Waals surface area (Å²) in [5.41, 5.74) is 7.09. The highest BCUT2D eigenvalue weighted by molar-refractivity contribution is 5.96. The van der Waals surface area contributed by atoms with E-state index in [1.165, 1.54) is 12.3 Å². The number of pyridine rings is 1. The van der Waals surface area contributed by atoms with Crippen molar-refractivity contribution in [2.24, 2.45) is 5.73 Å². The van der Waals surface area contributed by atoms with Gasteiger partial charge in [-0.2, -0.15) is 0 Å². The molecule has 0 unspecified atom stereocenters. The maximum atomic E-state index is 11.4. The molecule has 0 fully saturated rings. The lowest BCUT2D eigenvalue weighted by molar-refractivity contribution is 0.0997. The van der Waals surface area contributed by atoms with Gasteiger partial charge in [0, 0.05) is 12.3 Å². The Morgan fingerprint density at radius 2 is 2.05 bits per heavy atom. The molecular weight excluding hydrogens is 244 g/mol. The molecule has 1 heterocycles. The van der Waals surface area contributed by atoms with Crippen molar-refractivity contribution in [3.05, 3.63) is 47.2 Å². The third-order valence-corrected chi connectivity index (χ3v) is 2.62. The zero-order valence-electron chi connectivity index (χ0n) is 10.7. The fourth-order valence-corrected chi connectivity index (χ4v) is 1.81. The van der Waals surface area contributed by atoms with Crippen LogP contribution in [0.1, 0.15) is 21.5 Å². The number of aryl methyl sites for hydroxylation is 2. The Hall–Kier alpha value is -2.56. The normalized spacial score (nSPS) is 10.2. The lowest BCUT2D eigenvalue weighted by Crippen LogP contribution is -2.14. The van der Waals surface area contributed by atoms with Gasteiger partial charge in [0.2, 0.25) is 5.88 Å². The van der Waals surface area contributed by atoms with Crippen LogP contribution < -0.4 is 10.5 Å². The summed E-state index contributed by atoms with van der Waals surface area (Å²) in [6.45, 7) is 3.58. The molecule has 1 aromatic heterocycles. The van der Waals surface area contributed by atoms with Crippen molar-refractivity contribution in [2.45, 2.75) is 13.8 Å². The number of ether oxygens (including phenoxy) is 1. The minimum atomic E-state index is -0.600. The number of phenolic OH excluding ortho intramolecular Hbond substituents is 1. The van der Waals surface area contributed by atoms with E-state index in [4.69, 9.17) is 10.5 Å². The molecule has 0 radical (unpaired) electrons. The number of aromatic nitrogens is 1. The summed E-state index contributed by atoms with van der Waals surface area (Å²) in [6.07, 6.45) is 1.53. The Balaban J connectivity index is 2.43. The second kappa shape index (κ2) is 4.97. The first-order valence-corrected chi connectivity index (χ1v) is 5.71. The van der Waals surface area contributed by atoms with Gasteiger partial charge in [0.25, 0.3) is 5.91 Å². The molecule has 0 aliphatic rings. The molecule has 5 heteroatoms. The molecule has 0 aliphatic carbocycles. The van der Waals surface area contributed by atoms with Crippen molar-refractivity contribution in [3.63, 3.8) is 0 Å². The van der Waals surface area contributed by atoms with Crippen LogP contribution in [0.5, 0.6) is 17.4 Å². The molecule has 0 spiro atoms. The zero-order chi connectivity index (χ0) is 14.0. The Bertz CT molecular complexity index is 618. The number of hydrogen-bond donors (Lipinski definition) is 2. The molecule has 0 atom stereocenters. The number of nitrogens with two attached hydrogens (primary N) is 1. The molecule has 0 aliphatic heterocycles. The monoisotopic (exact) mass is 258 g/mol. The average Bonchev–Trinajstić information content (AvgIpc) is 2.26. The van der Waals surface area contributed by atoms with E-state index >= 15 is 0 Å². The summed E-state index contributed by atoms with van der Waals surface area (Å²) < 4.78 is 5.54. The van der Waals surface area contributed by atoms with E-state index in [9.17, 15) is 9.90 Å². The summed E-state index contributed by atoms with van der Waals surface area (Å²) in [4.78, 5) is 15.4. The molecule has 3 N–H and O–H groups in total. The average molecular weight is 258 g/mol. The van der Waals surface area contributed by atoms with Crippen molar-refractivity contribution in [1.82, 2.24) is 4.98 Å². The van der Waals surface area contributed by atoms with Crippen LogP contribution in [0.2, 0.25) is 0 Å². The summed E-state index contributed by atoms with van der Waals surface area (Å²) >= 11 is 0. The molecule has 1 aromatic carbocycles. The van der Waals surface area contributed by atoms with Crippen molar-refractivity contribution in [3.8, 4) is 17.4 Å². The predicted molar refractivity (Wildman–Crippen MR) is 70.4 cm³/mol. The Morgan fingerprint density at radius 3 is 2.68 bits per heavy atom. The minimum absolute atomic E-state index is 0.0864. The van der Waals surface area contributed by atoms with Gasteiger partial charge in [-0.25, -0.2) is 4.98 Å². The topological polar surface area (TPSA) is 85.4 Å². The van der Waals surface area contributed by atoms with Gasteiger partial charge in [-0.05, 0) is 43.2 Å². The first kappa shape index (κ1) is 12.9. The summed E-state index contributed by atoms with van der Waals surface area (Å²) in [7, 11) is 0. The molecule has 5 nitrogen and oxygen atoms in total. The van der Waals surface area contributed by atoms with Crippen LogP contribution in [0.15, 0.2) is 30.5 Å². The molecule has 19 heavy (non-hydrogen) atoms. The number of phenols is 1. The lowest BCUT2D eigenvalue weighted by atomic mass is 10.1. The van der Waals surface area contributed by atoms with Gasteiger partial charge < -0.3 is 15.6 Å². The molecular formula is C14H14N2O3. The Kier molecular flexibility index (Phi) is 3.37. The zero-order valence-corrected chi connectivity index (χ0v) is 10.7. The van der Waals surface area contributed by atoms with Crippen LogP contribution in [0.4, 0.5) is 0 Å². The maximum absolute atomic E-state index is 11.4. The molecule has 2 rings (SSSR count). The van der Waals surface area contributed by atoms with Crippen LogP contribution in [0.3, 0.4) is 0 Å². The molecule has 98 valence electrons. The number of benzene rings is 1. The van der Waals surface area contributed by atoms with E-state index in [0.717, 1.165) is 5.56 Å². The van der Waals surface area contributed by atoms with Crippen LogP contribution >= 0.6 is 0 Å². The fourth-order valence-electron chi connectivity index (χ4n) is 1.81. The number of amides is 1. The number of carbonyl (C=O) groups excluding carboxylic acids is 1. The second-order valence-corrected chi connectivity index (χ2v) is 4.28. The first-order chi connectivity index (χ1) is 8.97. The second-order valence-electron chi connectivity index (χ2n) is 4.28. The molecule has 0 saturated carbocycles. The van der Waals surface area contributed by atoms with Crippen LogP contribution in [-0.4, -0.2) is 16.0 Å². The van der Waals surface area contributed by atoms with E-state index < -0.39 is 5.91 Å². The number of hydrogen-bond acceptors (Lipinski definition) is 4. The highest BCUT2D eigenvalue weighted by Gasteiger charge is 2.15. The highest BCUT2D eigenvalue weighted by Crippen LogP contribution is 2.28. The van der Waals surface area contributed by atoms with E-state index in [1.54, 1.807) is 25.1 Å². The van der Waals surface area contributed by atoms with Gasteiger partial charge in [0.1, 0.15) is 17.1 Å². The highest BCUT2D eigenvalue weighted by atomic mass is 16.5. The van der Waals surface area contributed by atoms with E-state index in [0.29, 0.717) is 11.3 Å². The first-order valence-electron chi connectivity index (χ1n) is 5.71. The predicted octanol–water partition coefficient (Wildman–Crippen LogP) is 2.30. The van der Waals surface area contributed by atoms with Crippen LogP contribution in [0.25, 0.3) is 0 Å². The van der Waals surface area contributed by atoms with Gasteiger partial charge in [-0.3, -0.25) is 4.79 Å². The summed E-state index contributed by atoms with van der Waals surface area (Å²) in [6, 6.07) is 6.46. The quantitative estimate of drug-likeness (QED) is 0.884. The number of aromatic hydroxyl groups is 1. The summed E-state index contributed by atoms with van der Waals surface area (Å²) in [5.74, 6) is 0.0244. The number of carbonyl (C=O) groups is 1. The minimum Gasteiger partial charge on any atom is -0.508 e. The van der Waals surface area contributed by atoms with Crippen molar-refractivity contribution < 1.29 is 14.6 Å². The fraction of sp³-hybridized carbons (Fsp3) is 0.143. The van der Waals surface area contributed by atoms with Gasteiger partial charge in [-0.15, -0.1) is 0 Å². The number of nitrogens with zero attached hydrogens (tertiary/aromatic N) is 1. The van der Waals surface area contributed by atoms with Gasteiger partial charge in [0.05, 0.1) is 0 Å². The molecule has 0 saturated heterocycles. The molecule has 2 aromatic rings. The smallest absolute Gasteiger partial charge is 0.254 e.